The van der Waals surface area contributed by atoms with Crippen LogP contribution in [0.3, 0.4) is 0 Å². The van der Waals surface area contributed by atoms with Gasteiger partial charge in [-0.25, -0.2) is 9.59 Å². The molecule has 1 amide bonds. The monoisotopic (exact) mass is 292 g/mol. The van der Waals surface area contributed by atoms with E-state index in [1.807, 2.05) is 0 Å². The first kappa shape index (κ1) is 15.2. The van der Waals surface area contributed by atoms with Gasteiger partial charge in [-0.05, 0) is 44.9 Å². The fourth-order valence-corrected chi connectivity index (χ4v) is 2.21. The Hall–Kier alpha value is -2.24. The molecule has 0 spiro atoms. The number of amides is 1. The van der Waals surface area contributed by atoms with E-state index in [2.05, 4.69) is 10.6 Å². The van der Waals surface area contributed by atoms with Crippen molar-refractivity contribution in [1.29, 1.82) is 0 Å². The summed E-state index contributed by atoms with van der Waals surface area (Å²) in [6.07, 6.45) is 0.197. The van der Waals surface area contributed by atoms with Crippen LogP contribution >= 0.6 is 0 Å². The van der Waals surface area contributed by atoms with Crippen LogP contribution in [-0.4, -0.2) is 31.3 Å². The second-order valence-corrected chi connectivity index (χ2v) is 5.85. The molecule has 0 fully saturated rings. The normalized spacial score (nSPS) is 13.1. The quantitative estimate of drug-likeness (QED) is 0.820. The standard InChI is InChI=1S/C15H20N2O4/c1-15(2,3)21-14(19)17-9-7-11(13(18)20-4)10-5-6-16-12(10)8-9/h7-8,16H,5-6H2,1-4H3,(H,17,19). The third-order valence-corrected chi connectivity index (χ3v) is 2.99. The van der Waals surface area contributed by atoms with Crippen molar-refractivity contribution in [3.8, 4) is 0 Å². The fourth-order valence-electron chi connectivity index (χ4n) is 2.21. The van der Waals surface area contributed by atoms with E-state index < -0.39 is 17.7 Å². The van der Waals surface area contributed by atoms with E-state index >= 15 is 0 Å². The molecule has 1 aromatic rings. The number of ether oxygens (including phenoxy) is 2. The summed E-state index contributed by atoms with van der Waals surface area (Å²) >= 11 is 0. The van der Waals surface area contributed by atoms with Gasteiger partial charge in [0.1, 0.15) is 5.60 Å². The van der Waals surface area contributed by atoms with Crippen molar-refractivity contribution in [3.05, 3.63) is 23.3 Å². The van der Waals surface area contributed by atoms with Gasteiger partial charge < -0.3 is 14.8 Å². The highest BCUT2D eigenvalue weighted by Gasteiger charge is 2.22. The minimum Gasteiger partial charge on any atom is -0.465 e. The number of benzene rings is 1. The zero-order valence-electron chi connectivity index (χ0n) is 12.7. The van der Waals surface area contributed by atoms with Crippen LogP contribution in [0.25, 0.3) is 0 Å². The first-order valence-electron chi connectivity index (χ1n) is 6.79. The van der Waals surface area contributed by atoms with Gasteiger partial charge in [-0.1, -0.05) is 0 Å². The lowest BCUT2D eigenvalue weighted by atomic mass is 10.0. The second kappa shape index (κ2) is 5.63. The molecule has 0 unspecified atom stereocenters. The average Bonchev–Trinajstić information content (AvgIpc) is 2.82. The van der Waals surface area contributed by atoms with Gasteiger partial charge in [-0.3, -0.25) is 5.32 Å². The molecule has 6 nitrogen and oxygen atoms in total. The average molecular weight is 292 g/mol. The Kier molecular flexibility index (Phi) is 4.06. The largest absolute Gasteiger partial charge is 0.465 e. The molecular formula is C15H20N2O4. The van der Waals surface area contributed by atoms with E-state index in [-0.39, 0.29) is 0 Å². The van der Waals surface area contributed by atoms with Crippen molar-refractivity contribution in [2.24, 2.45) is 0 Å². The van der Waals surface area contributed by atoms with Gasteiger partial charge in [-0.15, -0.1) is 0 Å². The number of rotatable bonds is 2. The van der Waals surface area contributed by atoms with Gasteiger partial charge in [-0.2, -0.15) is 0 Å². The zero-order valence-corrected chi connectivity index (χ0v) is 12.7. The van der Waals surface area contributed by atoms with Crippen molar-refractivity contribution in [3.63, 3.8) is 0 Å². The zero-order chi connectivity index (χ0) is 15.6. The highest BCUT2D eigenvalue weighted by atomic mass is 16.6. The minimum absolute atomic E-state index is 0.414. The Morgan fingerprint density at radius 2 is 2.00 bits per heavy atom. The summed E-state index contributed by atoms with van der Waals surface area (Å²) in [5, 5.41) is 5.82. The van der Waals surface area contributed by atoms with Gasteiger partial charge in [0.05, 0.1) is 12.7 Å². The van der Waals surface area contributed by atoms with Crippen molar-refractivity contribution in [2.75, 3.05) is 24.3 Å². The number of nitrogens with one attached hydrogen (secondary N) is 2. The van der Waals surface area contributed by atoms with Crippen LogP contribution in [0.15, 0.2) is 12.1 Å². The number of fused-ring (bicyclic) bond motifs is 1. The maximum Gasteiger partial charge on any atom is 0.412 e. The van der Waals surface area contributed by atoms with Crippen LogP contribution in [0, 0.1) is 0 Å². The number of methoxy groups -OCH3 is 1. The van der Waals surface area contributed by atoms with Crippen LogP contribution in [0.5, 0.6) is 0 Å². The molecule has 0 aliphatic carbocycles. The summed E-state index contributed by atoms with van der Waals surface area (Å²) in [6.45, 7) is 6.12. The van der Waals surface area contributed by atoms with E-state index in [4.69, 9.17) is 9.47 Å². The van der Waals surface area contributed by atoms with Crippen LogP contribution < -0.4 is 10.6 Å². The van der Waals surface area contributed by atoms with Crippen LogP contribution in [0.2, 0.25) is 0 Å². The third-order valence-electron chi connectivity index (χ3n) is 2.99. The molecule has 1 aliphatic heterocycles. The summed E-state index contributed by atoms with van der Waals surface area (Å²) in [5.41, 5.74) is 2.13. The number of esters is 1. The Morgan fingerprint density at radius 3 is 2.62 bits per heavy atom. The smallest absolute Gasteiger partial charge is 0.412 e. The molecule has 1 heterocycles. The Morgan fingerprint density at radius 1 is 1.29 bits per heavy atom. The van der Waals surface area contributed by atoms with Crippen molar-refractivity contribution in [1.82, 2.24) is 0 Å². The first-order valence-corrected chi connectivity index (χ1v) is 6.79. The fraction of sp³-hybridized carbons (Fsp3) is 0.467. The van der Waals surface area contributed by atoms with Crippen molar-refractivity contribution in [2.45, 2.75) is 32.8 Å². The van der Waals surface area contributed by atoms with Gasteiger partial charge in [0.25, 0.3) is 0 Å². The molecule has 0 saturated carbocycles. The van der Waals surface area contributed by atoms with E-state index in [0.717, 1.165) is 24.2 Å². The topological polar surface area (TPSA) is 76.7 Å². The molecule has 6 heteroatoms. The molecule has 0 saturated heterocycles. The maximum atomic E-state index is 11.8. The lowest BCUT2D eigenvalue weighted by molar-refractivity contribution is 0.0595. The first-order chi connectivity index (χ1) is 9.80. The summed E-state index contributed by atoms with van der Waals surface area (Å²) in [6, 6.07) is 3.40. The summed E-state index contributed by atoms with van der Waals surface area (Å²) in [5.74, 6) is -0.414. The van der Waals surface area contributed by atoms with E-state index in [9.17, 15) is 9.59 Å². The molecule has 0 radical (unpaired) electrons. The van der Waals surface area contributed by atoms with E-state index in [1.54, 1.807) is 32.9 Å². The molecule has 0 bridgehead atoms. The van der Waals surface area contributed by atoms with Gasteiger partial charge >= 0.3 is 12.1 Å². The SMILES string of the molecule is COC(=O)c1cc(NC(=O)OC(C)(C)C)cc2c1CCN2. The van der Waals surface area contributed by atoms with Gasteiger partial charge in [0, 0.05) is 17.9 Å². The molecule has 2 rings (SSSR count). The van der Waals surface area contributed by atoms with Crippen molar-refractivity contribution >= 4 is 23.4 Å². The molecule has 0 aromatic heterocycles. The van der Waals surface area contributed by atoms with E-state index in [1.165, 1.54) is 7.11 Å². The Bertz CT molecular complexity index is 576. The molecule has 114 valence electrons. The molecule has 21 heavy (non-hydrogen) atoms. The number of hydrogen-bond donors (Lipinski definition) is 2. The van der Waals surface area contributed by atoms with E-state index in [0.29, 0.717) is 11.3 Å². The summed E-state index contributed by atoms with van der Waals surface area (Å²) in [4.78, 5) is 23.7. The Labute approximate surface area is 123 Å². The predicted molar refractivity (Wildman–Crippen MR) is 79.8 cm³/mol. The van der Waals surface area contributed by atoms with Crippen LogP contribution in [-0.2, 0) is 15.9 Å². The highest BCUT2D eigenvalue weighted by Crippen LogP contribution is 2.30. The van der Waals surface area contributed by atoms with Gasteiger partial charge in [0.2, 0.25) is 0 Å². The van der Waals surface area contributed by atoms with Crippen LogP contribution in [0.1, 0.15) is 36.7 Å². The van der Waals surface area contributed by atoms with Crippen molar-refractivity contribution < 1.29 is 19.1 Å². The second-order valence-electron chi connectivity index (χ2n) is 5.85. The Balaban J connectivity index is 2.25. The summed E-state index contributed by atoms with van der Waals surface area (Å²) < 4.78 is 9.99. The number of carbonyl (C=O) groups excluding carboxylic acids is 2. The number of hydrogen-bond acceptors (Lipinski definition) is 5. The summed E-state index contributed by atoms with van der Waals surface area (Å²) in [7, 11) is 1.34. The molecule has 1 aliphatic rings. The molecular weight excluding hydrogens is 272 g/mol. The minimum atomic E-state index is -0.579. The molecule has 0 atom stereocenters. The van der Waals surface area contributed by atoms with Crippen LogP contribution in [0.4, 0.5) is 16.2 Å². The maximum absolute atomic E-state index is 11.8. The highest BCUT2D eigenvalue weighted by molar-refractivity contribution is 5.96. The van der Waals surface area contributed by atoms with Gasteiger partial charge in [0.15, 0.2) is 0 Å². The predicted octanol–water partition coefficient (Wildman–Crippen LogP) is 2.79. The third kappa shape index (κ3) is 3.65. The molecule has 2 N–H and O–H groups in total. The number of anilines is 2. The molecule has 1 aromatic carbocycles. The number of carbonyl (C=O) groups is 2. The lowest BCUT2D eigenvalue weighted by Gasteiger charge is -2.20. The lowest BCUT2D eigenvalue weighted by Crippen LogP contribution is -2.27.